The van der Waals surface area contributed by atoms with Crippen molar-refractivity contribution in [2.45, 2.75) is 38.1 Å². The average Bonchev–Trinajstić information content (AvgIpc) is 2.58. The Kier molecular flexibility index (Phi) is 2.38. The molecule has 4 N–H and O–H groups in total. The van der Waals surface area contributed by atoms with Gasteiger partial charge in [0.15, 0.2) is 0 Å². The van der Waals surface area contributed by atoms with Crippen LogP contribution in [0.4, 0.5) is 5.82 Å². The maximum Gasteiger partial charge on any atom is 0.257 e. The SMILES string of the molecule is CCC1(NC(=O)c2cn[nH]c2N)CCC1. The number of amides is 1. The van der Waals surface area contributed by atoms with Gasteiger partial charge in [-0.2, -0.15) is 5.10 Å². The number of nitrogens with one attached hydrogen (secondary N) is 2. The van der Waals surface area contributed by atoms with Gasteiger partial charge in [0.2, 0.25) is 0 Å². The van der Waals surface area contributed by atoms with E-state index in [2.05, 4.69) is 22.4 Å². The molecule has 0 aromatic carbocycles. The second-order valence-corrected chi connectivity index (χ2v) is 4.14. The summed E-state index contributed by atoms with van der Waals surface area (Å²) in [4.78, 5) is 11.8. The van der Waals surface area contributed by atoms with Crippen LogP contribution in [0.5, 0.6) is 0 Å². The van der Waals surface area contributed by atoms with Gasteiger partial charge in [0.05, 0.1) is 6.20 Å². The highest BCUT2D eigenvalue weighted by molar-refractivity contribution is 5.98. The zero-order chi connectivity index (χ0) is 10.9. The Morgan fingerprint density at radius 2 is 2.47 bits per heavy atom. The van der Waals surface area contributed by atoms with Gasteiger partial charge < -0.3 is 11.1 Å². The van der Waals surface area contributed by atoms with Crippen molar-refractivity contribution >= 4 is 11.7 Å². The van der Waals surface area contributed by atoms with Gasteiger partial charge in [0.25, 0.3) is 5.91 Å². The molecule has 5 heteroatoms. The van der Waals surface area contributed by atoms with Crippen molar-refractivity contribution in [3.05, 3.63) is 11.8 Å². The van der Waals surface area contributed by atoms with Gasteiger partial charge in [-0.3, -0.25) is 9.89 Å². The number of nitrogens with two attached hydrogens (primary N) is 1. The zero-order valence-electron chi connectivity index (χ0n) is 8.84. The van der Waals surface area contributed by atoms with Crippen molar-refractivity contribution < 1.29 is 4.79 Å². The summed E-state index contributed by atoms with van der Waals surface area (Å²) >= 11 is 0. The van der Waals surface area contributed by atoms with Crippen LogP contribution in [-0.2, 0) is 0 Å². The highest BCUT2D eigenvalue weighted by atomic mass is 16.1. The molecule has 1 saturated carbocycles. The molecule has 0 aliphatic heterocycles. The Morgan fingerprint density at radius 3 is 2.87 bits per heavy atom. The Morgan fingerprint density at radius 1 is 1.73 bits per heavy atom. The minimum atomic E-state index is -0.122. The molecule has 1 heterocycles. The molecular formula is C10H16N4O. The van der Waals surface area contributed by atoms with E-state index in [1.807, 2.05) is 0 Å². The largest absolute Gasteiger partial charge is 0.383 e. The van der Waals surface area contributed by atoms with E-state index in [4.69, 9.17) is 5.73 Å². The van der Waals surface area contributed by atoms with Crippen LogP contribution in [0.1, 0.15) is 43.0 Å². The predicted molar refractivity (Wildman–Crippen MR) is 57.3 cm³/mol. The first kappa shape index (κ1) is 10.0. The molecule has 0 unspecified atom stereocenters. The molecular weight excluding hydrogens is 192 g/mol. The monoisotopic (exact) mass is 208 g/mol. The van der Waals surface area contributed by atoms with Gasteiger partial charge >= 0.3 is 0 Å². The number of hydrogen-bond donors (Lipinski definition) is 3. The van der Waals surface area contributed by atoms with Crippen LogP contribution in [0.3, 0.4) is 0 Å². The summed E-state index contributed by atoms with van der Waals surface area (Å²) < 4.78 is 0. The molecule has 15 heavy (non-hydrogen) atoms. The van der Waals surface area contributed by atoms with Gasteiger partial charge in [-0.25, -0.2) is 0 Å². The average molecular weight is 208 g/mol. The summed E-state index contributed by atoms with van der Waals surface area (Å²) in [5, 5.41) is 9.33. The Bertz CT molecular complexity index is 362. The third kappa shape index (κ3) is 1.69. The van der Waals surface area contributed by atoms with E-state index >= 15 is 0 Å². The van der Waals surface area contributed by atoms with Gasteiger partial charge in [-0.15, -0.1) is 0 Å². The van der Waals surface area contributed by atoms with E-state index in [0.29, 0.717) is 11.4 Å². The second kappa shape index (κ2) is 3.56. The summed E-state index contributed by atoms with van der Waals surface area (Å²) in [6, 6.07) is 0. The number of anilines is 1. The van der Waals surface area contributed by atoms with E-state index in [1.54, 1.807) is 0 Å². The number of H-pyrrole nitrogens is 1. The molecule has 1 aliphatic rings. The van der Waals surface area contributed by atoms with Crippen LogP contribution >= 0.6 is 0 Å². The minimum absolute atomic E-state index is 0.000787. The lowest BCUT2D eigenvalue weighted by atomic mass is 9.75. The van der Waals surface area contributed by atoms with E-state index < -0.39 is 0 Å². The highest BCUT2D eigenvalue weighted by Gasteiger charge is 2.36. The lowest BCUT2D eigenvalue weighted by Gasteiger charge is -2.41. The molecule has 1 fully saturated rings. The van der Waals surface area contributed by atoms with E-state index in [0.717, 1.165) is 19.3 Å². The van der Waals surface area contributed by atoms with Crippen molar-refractivity contribution in [3.63, 3.8) is 0 Å². The van der Waals surface area contributed by atoms with E-state index in [1.165, 1.54) is 12.6 Å². The smallest absolute Gasteiger partial charge is 0.257 e. The lowest BCUT2D eigenvalue weighted by molar-refractivity contribution is 0.0821. The third-order valence-corrected chi connectivity index (χ3v) is 3.28. The summed E-state index contributed by atoms with van der Waals surface area (Å²) in [6.07, 6.45) is 5.75. The molecule has 0 atom stereocenters. The number of nitrogens with zero attached hydrogens (tertiary/aromatic N) is 1. The Labute approximate surface area is 88.4 Å². The normalized spacial score (nSPS) is 18.2. The molecule has 5 nitrogen and oxygen atoms in total. The molecule has 0 saturated heterocycles. The minimum Gasteiger partial charge on any atom is -0.383 e. The Hall–Kier alpha value is -1.52. The highest BCUT2D eigenvalue weighted by Crippen LogP contribution is 2.34. The number of hydrogen-bond acceptors (Lipinski definition) is 3. The van der Waals surface area contributed by atoms with Gasteiger partial charge in [-0.05, 0) is 25.7 Å². The van der Waals surface area contributed by atoms with Crippen molar-refractivity contribution in [1.82, 2.24) is 15.5 Å². The summed E-state index contributed by atoms with van der Waals surface area (Å²) in [7, 11) is 0. The first-order chi connectivity index (χ1) is 7.17. The number of aromatic nitrogens is 2. The number of rotatable bonds is 3. The second-order valence-electron chi connectivity index (χ2n) is 4.14. The van der Waals surface area contributed by atoms with Crippen LogP contribution in [0.15, 0.2) is 6.20 Å². The summed E-state index contributed by atoms with van der Waals surface area (Å²) in [5.74, 6) is 0.209. The number of carbonyl (C=O) groups excluding carboxylic acids is 1. The Balaban J connectivity index is 2.07. The standard InChI is InChI=1S/C10H16N4O/c1-2-10(4-3-5-10)13-9(15)7-6-12-14-8(7)11/h6H,2-5H2,1H3,(H,13,15)(H3,11,12,14). The fourth-order valence-electron chi connectivity index (χ4n) is 1.96. The lowest BCUT2D eigenvalue weighted by Crippen LogP contribution is -2.53. The molecule has 0 bridgehead atoms. The first-order valence-electron chi connectivity index (χ1n) is 5.28. The topological polar surface area (TPSA) is 83.8 Å². The van der Waals surface area contributed by atoms with E-state index in [9.17, 15) is 4.79 Å². The van der Waals surface area contributed by atoms with Crippen molar-refractivity contribution in [1.29, 1.82) is 0 Å². The molecule has 1 aliphatic carbocycles. The molecule has 82 valence electrons. The fourth-order valence-corrected chi connectivity index (χ4v) is 1.96. The number of carbonyl (C=O) groups is 1. The van der Waals surface area contributed by atoms with Crippen LogP contribution in [-0.4, -0.2) is 21.6 Å². The zero-order valence-corrected chi connectivity index (χ0v) is 8.84. The van der Waals surface area contributed by atoms with Gasteiger partial charge in [-0.1, -0.05) is 6.92 Å². The van der Waals surface area contributed by atoms with Crippen LogP contribution < -0.4 is 11.1 Å². The molecule has 2 rings (SSSR count). The maximum absolute atomic E-state index is 11.8. The fraction of sp³-hybridized carbons (Fsp3) is 0.600. The van der Waals surface area contributed by atoms with E-state index in [-0.39, 0.29) is 11.4 Å². The predicted octanol–water partition coefficient (Wildman–Crippen LogP) is 1.05. The molecule has 1 aromatic rings. The number of nitrogen functional groups attached to an aromatic ring is 1. The third-order valence-electron chi connectivity index (χ3n) is 3.28. The van der Waals surface area contributed by atoms with Crippen molar-refractivity contribution in [2.24, 2.45) is 0 Å². The van der Waals surface area contributed by atoms with Gasteiger partial charge in [0, 0.05) is 5.54 Å². The molecule has 0 radical (unpaired) electrons. The summed E-state index contributed by atoms with van der Waals surface area (Å²) in [6.45, 7) is 2.10. The summed E-state index contributed by atoms with van der Waals surface area (Å²) in [5.41, 5.74) is 6.02. The van der Waals surface area contributed by atoms with Crippen molar-refractivity contribution in [2.75, 3.05) is 5.73 Å². The maximum atomic E-state index is 11.8. The van der Waals surface area contributed by atoms with Gasteiger partial charge in [0.1, 0.15) is 11.4 Å². The molecule has 1 amide bonds. The first-order valence-corrected chi connectivity index (χ1v) is 5.28. The van der Waals surface area contributed by atoms with Crippen LogP contribution in [0.2, 0.25) is 0 Å². The molecule has 0 spiro atoms. The van der Waals surface area contributed by atoms with Crippen LogP contribution in [0.25, 0.3) is 0 Å². The number of aromatic amines is 1. The quantitative estimate of drug-likeness (QED) is 0.694. The van der Waals surface area contributed by atoms with Crippen LogP contribution in [0, 0.1) is 0 Å². The van der Waals surface area contributed by atoms with Crippen molar-refractivity contribution in [3.8, 4) is 0 Å². The molecule has 1 aromatic heterocycles.